The van der Waals surface area contributed by atoms with Gasteiger partial charge in [-0.05, 0) is 12.8 Å². The highest BCUT2D eigenvalue weighted by atomic mass is 16.7. The average molecular weight is 324 g/mol. The van der Waals surface area contributed by atoms with Crippen molar-refractivity contribution in [3.8, 4) is 5.88 Å². The number of carboxylic acids is 1. The van der Waals surface area contributed by atoms with Gasteiger partial charge >= 0.3 is 5.97 Å². The molecule has 0 bridgehead atoms. The molecule has 1 spiro atoms. The maximum atomic E-state index is 11.4. The van der Waals surface area contributed by atoms with Crippen molar-refractivity contribution in [1.82, 2.24) is 9.78 Å². The smallest absolute Gasteiger partial charge is 0.342 e. The molecule has 2 aliphatic heterocycles. The normalized spacial score (nSPS) is 24.7. The molecular weight excluding hydrogens is 304 g/mol. The molecule has 0 amide bonds. The summed E-state index contributed by atoms with van der Waals surface area (Å²) in [5.41, 5.74) is 0.102. The Bertz CT molecular complexity index is 581. The van der Waals surface area contributed by atoms with Crippen LogP contribution < -0.4 is 4.74 Å². The van der Waals surface area contributed by atoms with Gasteiger partial charge in [-0.15, -0.1) is 5.10 Å². The molecule has 4 rings (SSSR count). The van der Waals surface area contributed by atoms with E-state index in [4.69, 9.17) is 18.9 Å². The molecule has 23 heavy (non-hydrogen) atoms. The molecular formula is C15H20N2O6. The molecule has 0 atom stereocenters. The molecule has 0 radical (unpaired) electrons. The van der Waals surface area contributed by atoms with Crippen LogP contribution in [-0.4, -0.2) is 59.2 Å². The van der Waals surface area contributed by atoms with Crippen LogP contribution in [0.1, 0.15) is 42.1 Å². The number of ether oxygens (including phenoxy) is 4. The van der Waals surface area contributed by atoms with Crippen LogP contribution in [0.3, 0.4) is 0 Å². The molecule has 1 aromatic rings. The molecule has 2 saturated heterocycles. The van der Waals surface area contributed by atoms with E-state index in [1.165, 1.54) is 0 Å². The monoisotopic (exact) mass is 324 g/mol. The number of hydrogen-bond acceptors (Lipinski definition) is 6. The van der Waals surface area contributed by atoms with Crippen molar-refractivity contribution in [1.29, 1.82) is 0 Å². The number of carbonyl (C=O) groups is 1. The van der Waals surface area contributed by atoms with Crippen molar-refractivity contribution >= 4 is 5.97 Å². The zero-order valence-electron chi connectivity index (χ0n) is 12.8. The number of aromatic nitrogens is 2. The number of carboxylic acid groups (broad SMARTS) is 1. The third kappa shape index (κ3) is 2.82. The fourth-order valence-electron chi connectivity index (χ4n) is 3.33. The Morgan fingerprint density at radius 1 is 1.30 bits per heavy atom. The second-order valence-corrected chi connectivity index (χ2v) is 6.25. The molecule has 3 aliphatic rings. The highest BCUT2D eigenvalue weighted by Crippen LogP contribution is 2.40. The summed E-state index contributed by atoms with van der Waals surface area (Å²) in [4.78, 5) is 11.4. The van der Waals surface area contributed by atoms with E-state index in [2.05, 4.69) is 5.10 Å². The van der Waals surface area contributed by atoms with Gasteiger partial charge < -0.3 is 24.1 Å². The van der Waals surface area contributed by atoms with E-state index in [0.29, 0.717) is 26.4 Å². The second kappa shape index (κ2) is 5.77. The lowest BCUT2D eigenvalue weighted by Gasteiger charge is -2.35. The Kier molecular flexibility index (Phi) is 3.74. The van der Waals surface area contributed by atoms with Crippen molar-refractivity contribution in [3.63, 3.8) is 0 Å². The van der Waals surface area contributed by atoms with E-state index in [1.807, 2.05) is 0 Å². The van der Waals surface area contributed by atoms with Crippen molar-refractivity contribution in [2.75, 3.05) is 26.4 Å². The lowest BCUT2D eigenvalue weighted by atomic mass is 9.90. The Morgan fingerprint density at radius 2 is 2.00 bits per heavy atom. The molecule has 1 N–H and O–H groups in total. The first-order valence-corrected chi connectivity index (χ1v) is 8.00. The van der Waals surface area contributed by atoms with Crippen LogP contribution in [0, 0.1) is 0 Å². The van der Waals surface area contributed by atoms with Crippen LogP contribution in [0.25, 0.3) is 0 Å². The van der Waals surface area contributed by atoms with Gasteiger partial charge in [0.1, 0.15) is 11.7 Å². The topological polar surface area (TPSA) is 92.0 Å². The number of aromatic carboxylic acids is 1. The molecule has 8 heteroatoms. The first-order chi connectivity index (χ1) is 11.2. The zero-order valence-corrected chi connectivity index (χ0v) is 12.8. The molecule has 3 heterocycles. The van der Waals surface area contributed by atoms with E-state index in [9.17, 15) is 9.90 Å². The number of hydrogen-bond donors (Lipinski definition) is 1. The zero-order chi connectivity index (χ0) is 15.9. The number of nitrogens with zero attached hydrogens (tertiary/aromatic N) is 2. The van der Waals surface area contributed by atoms with Gasteiger partial charge in [0, 0.05) is 19.0 Å². The van der Waals surface area contributed by atoms with Gasteiger partial charge in [-0.1, -0.05) is 0 Å². The largest absolute Gasteiger partial charge is 0.477 e. The molecule has 0 unspecified atom stereocenters. The first-order valence-electron chi connectivity index (χ1n) is 8.00. The summed E-state index contributed by atoms with van der Waals surface area (Å²) >= 11 is 0. The average Bonchev–Trinajstić information content (AvgIpc) is 3.11. The Labute approximate surface area is 133 Å². The van der Waals surface area contributed by atoms with Crippen molar-refractivity contribution < 1.29 is 28.8 Å². The van der Waals surface area contributed by atoms with Crippen LogP contribution in [0.15, 0.2) is 6.20 Å². The van der Waals surface area contributed by atoms with Crippen LogP contribution in [0.5, 0.6) is 5.88 Å². The summed E-state index contributed by atoms with van der Waals surface area (Å²) in [6, 6.07) is 0.140. The summed E-state index contributed by atoms with van der Waals surface area (Å²) in [5, 5.41) is 13.7. The molecule has 0 aromatic carbocycles. The van der Waals surface area contributed by atoms with E-state index >= 15 is 0 Å². The summed E-state index contributed by atoms with van der Waals surface area (Å²) in [6.07, 6.45) is 4.74. The number of rotatable bonds is 4. The van der Waals surface area contributed by atoms with Crippen LogP contribution in [0.4, 0.5) is 0 Å². The molecule has 1 aromatic heterocycles. The maximum absolute atomic E-state index is 11.4. The Balaban J connectivity index is 1.48. The van der Waals surface area contributed by atoms with Gasteiger partial charge in [0.2, 0.25) is 5.88 Å². The Hall–Kier alpha value is -1.64. The van der Waals surface area contributed by atoms with E-state index in [1.54, 1.807) is 10.9 Å². The van der Waals surface area contributed by atoms with Gasteiger partial charge in [0.25, 0.3) is 0 Å². The maximum Gasteiger partial charge on any atom is 0.342 e. The third-order valence-electron chi connectivity index (χ3n) is 4.72. The lowest BCUT2D eigenvalue weighted by molar-refractivity contribution is -0.181. The molecule has 126 valence electrons. The summed E-state index contributed by atoms with van der Waals surface area (Å²) in [6.45, 7) is 2.26. The second-order valence-electron chi connectivity index (χ2n) is 6.25. The van der Waals surface area contributed by atoms with Crippen molar-refractivity contribution in [2.24, 2.45) is 0 Å². The molecule has 1 aliphatic carbocycles. The minimum absolute atomic E-state index is 0.102. The summed E-state index contributed by atoms with van der Waals surface area (Å²) in [5.74, 6) is -1.28. The fraction of sp³-hybridized carbons (Fsp3) is 0.733. The van der Waals surface area contributed by atoms with E-state index < -0.39 is 11.8 Å². The van der Waals surface area contributed by atoms with Gasteiger partial charge in [-0.2, -0.15) is 0 Å². The van der Waals surface area contributed by atoms with Gasteiger partial charge in [-0.3, -0.25) is 4.68 Å². The quantitative estimate of drug-likeness (QED) is 0.890. The van der Waals surface area contributed by atoms with E-state index in [0.717, 1.165) is 25.7 Å². The molecule has 8 nitrogen and oxygen atoms in total. The summed E-state index contributed by atoms with van der Waals surface area (Å²) in [7, 11) is 0. The van der Waals surface area contributed by atoms with Crippen LogP contribution in [0.2, 0.25) is 0 Å². The summed E-state index contributed by atoms with van der Waals surface area (Å²) < 4.78 is 23.8. The molecule has 3 fully saturated rings. The lowest BCUT2D eigenvalue weighted by Crippen LogP contribution is -2.39. The van der Waals surface area contributed by atoms with Crippen LogP contribution in [-0.2, 0) is 14.2 Å². The van der Waals surface area contributed by atoms with Crippen molar-refractivity contribution in [3.05, 3.63) is 11.8 Å². The first kappa shape index (κ1) is 14.9. The minimum atomic E-state index is -1.03. The molecule has 1 saturated carbocycles. The highest BCUT2D eigenvalue weighted by molar-refractivity contribution is 5.89. The van der Waals surface area contributed by atoms with Gasteiger partial charge in [0.15, 0.2) is 5.79 Å². The van der Waals surface area contributed by atoms with E-state index in [-0.39, 0.29) is 23.6 Å². The van der Waals surface area contributed by atoms with Crippen LogP contribution >= 0.6 is 0 Å². The predicted molar refractivity (Wildman–Crippen MR) is 76.6 cm³/mol. The third-order valence-corrected chi connectivity index (χ3v) is 4.72. The fourth-order valence-corrected chi connectivity index (χ4v) is 3.33. The van der Waals surface area contributed by atoms with Gasteiger partial charge in [-0.25, -0.2) is 4.79 Å². The highest BCUT2D eigenvalue weighted by Gasteiger charge is 2.41. The minimum Gasteiger partial charge on any atom is -0.477 e. The van der Waals surface area contributed by atoms with Gasteiger partial charge in [0.05, 0.1) is 32.5 Å². The van der Waals surface area contributed by atoms with Crippen molar-refractivity contribution in [2.45, 2.75) is 43.6 Å². The standard InChI is InChI=1S/C15H20N2O6/c18-14(19)12-7-17(16-13(12)23-11-8-20-9-11)10-1-3-15(4-2-10)21-5-6-22-15/h7,10-11H,1-6,8-9H2,(H,18,19). The SMILES string of the molecule is O=C(O)c1cn(C2CCC3(CC2)OCCO3)nc1OC1COC1. The Morgan fingerprint density at radius 3 is 2.57 bits per heavy atom. The predicted octanol–water partition coefficient (Wildman–Crippen LogP) is 1.22.